The van der Waals surface area contributed by atoms with Gasteiger partial charge < -0.3 is 5.11 Å². The van der Waals surface area contributed by atoms with E-state index in [9.17, 15) is 5.11 Å². The fourth-order valence-electron chi connectivity index (χ4n) is 1.09. The zero-order valence-corrected chi connectivity index (χ0v) is 11.7. The van der Waals surface area contributed by atoms with Crippen LogP contribution in [0, 0.1) is 0 Å². The lowest BCUT2D eigenvalue weighted by Gasteiger charge is -2.08. The van der Waals surface area contributed by atoms with Gasteiger partial charge in [0.05, 0.1) is 10.0 Å². The Bertz CT molecular complexity index is 405. The van der Waals surface area contributed by atoms with Gasteiger partial charge in [-0.05, 0) is 13.3 Å². The van der Waals surface area contributed by atoms with Crippen molar-refractivity contribution >= 4 is 46.6 Å². The molecule has 0 atom stereocenters. The molecule has 0 aliphatic carbocycles. The summed E-state index contributed by atoms with van der Waals surface area (Å²) in [5.74, 6) is 0.778. The van der Waals surface area contributed by atoms with Gasteiger partial charge in [-0.2, -0.15) is 0 Å². The highest BCUT2D eigenvalue weighted by Crippen LogP contribution is 2.43. The Morgan fingerprint density at radius 3 is 2.62 bits per heavy atom. The van der Waals surface area contributed by atoms with E-state index in [1.54, 1.807) is 0 Å². The van der Waals surface area contributed by atoms with Crippen molar-refractivity contribution < 1.29 is 5.11 Å². The van der Waals surface area contributed by atoms with Crippen LogP contribution in [0.4, 0.5) is 0 Å². The second-order valence-corrected chi connectivity index (χ2v) is 5.31. The first kappa shape index (κ1) is 14.0. The smallest absolute Gasteiger partial charge is 0.137 e. The summed E-state index contributed by atoms with van der Waals surface area (Å²) in [4.78, 5) is 0.718. The van der Waals surface area contributed by atoms with Gasteiger partial charge in [-0.25, -0.2) is 0 Å². The van der Waals surface area contributed by atoms with Crippen molar-refractivity contribution in [3.63, 3.8) is 0 Å². The summed E-state index contributed by atoms with van der Waals surface area (Å²) in [6.45, 7) is 1.97. The van der Waals surface area contributed by atoms with Gasteiger partial charge in [0.2, 0.25) is 0 Å². The molecule has 5 heteroatoms. The van der Waals surface area contributed by atoms with Crippen molar-refractivity contribution in [3.05, 3.63) is 33.3 Å². The molecule has 0 unspecified atom stereocenters. The molecule has 0 aliphatic heterocycles. The van der Waals surface area contributed by atoms with Gasteiger partial charge in [-0.15, -0.1) is 11.8 Å². The normalized spacial score (nSPS) is 11.2. The first-order valence-electron chi connectivity index (χ1n) is 4.68. The van der Waals surface area contributed by atoms with Crippen LogP contribution in [0.15, 0.2) is 23.1 Å². The second kappa shape index (κ2) is 6.65. The van der Waals surface area contributed by atoms with Crippen molar-refractivity contribution in [2.45, 2.75) is 18.2 Å². The van der Waals surface area contributed by atoms with Crippen molar-refractivity contribution in [1.82, 2.24) is 0 Å². The Hall–Kier alpha value is -0.0200. The molecule has 88 valence electrons. The number of halogens is 3. The summed E-state index contributed by atoms with van der Waals surface area (Å²) in [5, 5.41) is 10.3. The lowest BCUT2D eigenvalue weighted by Crippen LogP contribution is -1.83. The van der Waals surface area contributed by atoms with Gasteiger partial charge in [0.15, 0.2) is 0 Å². The third kappa shape index (κ3) is 3.49. The van der Waals surface area contributed by atoms with Crippen molar-refractivity contribution in [2.75, 3.05) is 5.75 Å². The van der Waals surface area contributed by atoms with E-state index in [2.05, 4.69) is 6.08 Å². The van der Waals surface area contributed by atoms with Gasteiger partial charge >= 0.3 is 0 Å². The fourth-order valence-corrected chi connectivity index (χ4v) is 2.95. The average molecular weight is 298 g/mol. The van der Waals surface area contributed by atoms with Crippen LogP contribution in [0.3, 0.4) is 0 Å². The minimum Gasteiger partial charge on any atom is -0.506 e. The largest absolute Gasteiger partial charge is 0.506 e. The number of phenolic OH excluding ortho intramolecular Hbond substituents is 1. The Morgan fingerprint density at radius 1 is 1.31 bits per heavy atom. The topological polar surface area (TPSA) is 20.2 Å². The molecule has 1 aromatic carbocycles. The molecule has 16 heavy (non-hydrogen) atoms. The molecule has 1 aromatic rings. The molecule has 0 bridgehead atoms. The number of benzene rings is 1. The van der Waals surface area contributed by atoms with E-state index < -0.39 is 0 Å². The Morgan fingerprint density at radius 2 is 2.00 bits per heavy atom. The summed E-state index contributed by atoms with van der Waals surface area (Å²) in [6.07, 6.45) is 5.00. The number of hydrogen-bond acceptors (Lipinski definition) is 2. The molecule has 1 N–H and O–H groups in total. The minimum atomic E-state index is -0.0885. The van der Waals surface area contributed by atoms with E-state index in [1.807, 2.05) is 13.0 Å². The molecule has 0 spiro atoms. The van der Waals surface area contributed by atoms with Crippen LogP contribution in [0.2, 0.25) is 15.1 Å². The molecule has 0 aromatic heterocycles. The molecule has 0 amide bonds. The molecule has 0 aliphatic rings. The number of allylic oxidation sites excluding steroid dienone is 2. The fraction of sp³-hybridized carbons (Fsp3) is 0.273. The van der Waals surface area contributed by atoms with Crippen molar-refractivity contribution in [2.24, 2.45) is 0 Å². The Kier molecular flexibility index (Phi) is 5.84. The summed E-state index contributed by atoms with van der Waals surface area (Å²) in [7, 11) is 0. The van der Waals surface area contributed by atoms with E-state index in [1.165, 1.54) is 17.8 Å². The van der Waals surface area contributed by atoms with Crippen LogP contribution < -0.4 is 0 Å². The summed E-state index contributed by atoms with van der Waals surface area (Å²) >= 11 is 19.3. The Balaban J connectivity index is 2.83. The van der Waals surface area contributed by atoms with Crippen LogP contribution >= 0.6 is 46.6 Å². The van der Waals surface area contributed by atoms with Crippen LogP contribution in [-0.4, -0.2) is 10.9 Å². The zero-order valence-electron chi connectivity index (χ0n) is 8.64. The third-order valence-electron chi connectivity index (χ3n) is 1.86. The minimum absolute atomic E-state index is 0.0885. The summed E-state index contributed by atoms with van der Waals surface area (Å²) in [6, 6.07) is 1.41. The Labute approximate surface area is 114 Å². The molecule has 0 saturated heterocycles. The third-order valence-corrected chi connectivity index (χ3v) is 4.40. The number of aromatic hydroxyl groups is 1. The second-order valence-electron chi connectivity index (χ2n) is 3.04. The number of thioether (sulfide) groups is 1. The molecular weight excluding hydrogens is 287 g/mol. The van der Waals surface area contributed by atoms with E-state index in [0.717, 1.165) is 17.1 Å². The first-order chi connectivity index (χ1) is 7.57. The molecule has 1 rings (SSSR count). The summed E-state index contributed by atoms with van der Waals surface area (Å²) < 4.78 is 0. The quantitative estimate of drug-likeness (QED) is 0.347. The average Bonchev–Trinajstić information content (AvgIpc) is 2.25. The number of rotatable bonds is 4. The van der Waals surface area contributed by atoms with Gasteiger partial charge in [0.1, 0.15) is 10.8 Å². The van der Waals surface area contributed by atoms with E-state index in [4.69, 9.17) is 34.8 Å². The molecular formula is C11H11Cl3OS. The highest BCUT2D eigenvalue weighted by molar-refractivity contribution is 7.99. The maximum absolute atomic E-state index is 9.39. The van der Waals surface area contributed by atoms with Gasteiger partial charge in [-0.3, -0.25) is 0 Å². The first-order valence-corrected chi connectivity index (χ1v) is 6.80. The maximum Gasteiger partial charge on any atom is 0.137 e. The van der Waals surface area contributed by atoms with E-state index in [-0.39, 0.29) is 10.8 Å². The van der Waals surface area contributed by atoms with Crippen molar-refractivity contribution in [3.8, 4) is 5.75 Å². The monoisotopic (exact) mass is 296 g/mol. The molecule has 1 nitrogen and oxygen atoms in total. The van der Waals surface area contributed by atoms with Gasteiger partial charge in [0, 0.05) is 16.7 Å². The molecule has 0 heterocycles. The van der Waals surface area contributed by atoms with Crippen LogP contribution in [0.1, 0.15) is 13.3 Å². The predicted octanol–water partition coefficient (Wildman–Crippen LogP) is 5.41. The lowest BCUT2D eigenvalue weighted by molar-refractivity contribution is 0.475. The maximum atomic E-state index is 9.39. The number of phenols is 1. The number of hydrogen-bond donors (Lipinski definition) is 1. The lowest BCUT2D eigenvalue weighted by atomic mass is 10.3. The summed E-state index contributed by atoms with van der Waals surface area (Å²) in [5.41, 5.74) is 0. The van der Waals surface area contributed by atoms with Gasteiger partial charge in [-0.1, -0.05) is 47.0 Å². The highest BCUT2D eigenvalue weighted by Gasteiger charge is 2.14. The van der Waals surface area contributed by atoms with E-state index in [0.29, 0.717) is 10.0 Å². The molecule has 0 fully saturated rings. The van der Waals surface area contributed by atoms with Gasteiger partial charge in [0.25, 0.3) is 0 Å². The zero-order chi connectivity index (χ0) is 12.1. The van der Waals surface area contributed by atoms with Crippen LogP contribution in [-0.2, 0) is 0 Å². The van der Waals surface area contributed by atoms with E-state index >= 15 is 0 Å². The molecule has 0 radical (unpaired) electrons. The van der Waals surface area contributed by atoms with Crippen molar-refractivity contribution in [1.29, 1.82) is 0 Å². The van der Waals surface area contributed by atoms with Crippen LogP contribution in [0.5, 0.6) is 5.75 Å². The SMILES string of the molecule is C/C=C/CCSc1c(Cl)cc(O)c(Cl)c1Cl. The van der Waals surface area contributed by atoms with Crippen LogP contribution in [0.25, 0.3) is 0 Å². The highest BCUT2D eigenvalue weighted by atomic mass is 35.5. The standard InChI is InChI=1S/C11H11Cl3OS/c1-2-3-4-5-16-11-7(12)6-8(15)9(13)10(11)14/h2-3,6,15H,4-5H2,1H3/b3-2+. The predicted molar refractivity (Wildman–Crippen MR) is 73.3 cm³/mol. The molecule has 0 saturated carbocycles.